The Morgan fingerprint density at radius 2 is 1.72 bits per heavy atom. The molecule has 25 heavy (non-hydrogen) atoms. The highest BCUT2D eigenvalue weighted by atomic mass is 16.4. The fraction of sp³-hybridized carbons (Fsp3) is 0.294. The zero-order valence-electron chi connectivity index (χ0n) is 14.2. The summed E-state index contributed by atoms with van der Waals surface area (Å²) in [5.41, 5.74) is 0.367. The average molecular weight is 344 g/mol. The minimum atomic E-state index is -1.40. The number of benzene rings is 1. The summed E-state index contributed by atoms with van der Waals surface area (Å²) in [6.07, 6.45) is -0.956. The molecule has 2 amide bonds. The van der Waals surface area contributed by atoms with Gasteiger partial charge in [-0.2, -0.15) is 0 Å². The van der Waals surface area contributed by atoms with Crippen LogP contribution in [0.4, 0.5) is 5.69 Å². The molecule has 2 aromatic rings. The molecule has 8 nitrogen and oxygen atoms in total. The number of carboxylic acids is 1. The number of para-hydroxylation sites is 1. The van der Waals surface area contributed by atoms with Crippen molar-refractivity contribution in [2.24, 2.45) is 7.05 Å². The molecule has 0 aliphatic rings. The molecule has 0 aliphatic heterocycles. The van der Waals surface area contributed by atoms with Gasteiger partial charge in [-0.25, -0.2) is 9.58 Å². The third kappa shape index (κ3) is 3.52. The van der Waals surface area contributed by atoms with E-state index in [1.54, 1.807) is 44.3 Å². The first kappa shape index (κ1) is 18.2. The Balaban J connectivity index is 2.57. The number of hydrogen-bond donors (Lipinski definition) is 0. The van der Waals surface area contributed by atoms with Crippen molar-refractivity contribution in [2.45, 2.75) is 26.7 Å². The Bertz CT molecular complexity index is 880. The summed E-state index contributed by atoms with van der Waals surface area (Å²) >= 11 is 0. The Hall–Kier alpha value is -3.16. The standard InChI is InChI=1S/C17H19N3O5/c1-11-16(19(12(2)21)14(22)9-10-15(23)24)17(25)20(18(11)3)13-7-5-4-6-8-13/h4-8H,9-10H2,1-3H3,(H,23,24)/p-1. The minimum absolute atomic E-state index is 0.0813. The largest absolute Gasteiger partial charge is 0.550 e. The fourth-order valence-corrected chi connectivity index (χ4v) is 2.59. The van der Waals surface area contributed by atoms with Crippen LogP contribution in [0.5, 0.6) is 0 Å². The molecule has 1 heterocycles. The van der Waals surface area contributed by atoms with E-state index in [0.717, 1.165) is 11.8 Å². The van der Waals surface area contributed by atoms with Crippen molar-refractivity contribution in [2.75, 3.05) is 4.90 Å². The second-order valence-electron chi connectivity index (χ2n) is 5.53. The van der Waals surface area contributed by atoms with Crippen LogP contribution in [-0.2, 0) is 21.4 Å². The number of anilines is 1. The van der Waals surface area contributed by atoms with Gasteiger partial charge in [0.15, 0.2) is 0 Å². The highest BCUT2D eigenvalue weighted by Crippen LogP contribution is 2.19. The van der Waals surface area contributed by atoms with Crippen molar-refractivity contribution in [3.63, 3.8) is 0 Å². The number of hydrogen-bond acceptors (Lipinski definition) is 5. The molecule has 0 unspecified atom stereocenters. The van der Waals surface area contributed by atoms with E-state index in [-0.39, 0.29) is 5.69 Å². The first-order valence-electron chi connectivity index (χ1n) is 7.63. The summed E-state index contributed by atoms with van der Waals surface area (Å²) in [7, 11) is 1.64. The van der Waals surface area contributed by atoms with E-state index < -0.39 is 36.2 Å². The van der Waals surface area contributed by atoms with Gasteiger partial charge in [0.25, 0.3) is 5.56 Å². The molecule has 0 aliphatic carbocycles. The summed E-state index contributed by atoms with van der Waals surface area (Å²) in [5, 5.41) is 10.6. The van der Waals surface area contributed by atoms with Crippen LogP contribution in [0, 0.1) is 6.92 Å². The summed E-state index contributed by atoms with van der Waals surface area (Å²) in [5.74, 6) is -2.82. The SMILES string of the molecule is CC(=O)N(C(=O)CCC(=O)[O-])c1c(C)n(C)n(-c2ccccc2)c1=O. The molecular weight excluding hydrogens is 326 g/mol. The van der Waals surface area contributed by atoms with Gasteiger partial charge >= 0.3 is 0 Å². The summed E-state index contributed by atoms with van der Waals surface area (Å²) in [6, 6.07) is 8.77. The zero-order valence-corrected chi connectivity index (χ0v) is 14.2. The lowest BCUT2D eigenvalue weighted by Gasteiger charge is -2.18. The molecule has 8 heteroatoms. The van der Waals surface area contributed by atoms with Crippen LogP contribution in [0.25, 0.3) is 5.69 Å². The number of aliphatic carboxylic acids is 1. The number of aromatic nitrogens is 2. The highest BCUT2D eigenvalue weighted by Gasteiger charge is 2.28. The van der Waals surface area contributed by atoms with Gasteiger partial charge < -0.3 is 9.90 Å². The van der Waals surface area contributed by atoms with Crippen molar-refractivity contribution in [1.82, 2.24) is 9.36 Å². The second-order valence-corrected chi connectivity index (χ2v) is 5.53. The zero-order chi connectivity index (χ0) is 18.7. The summed E-state index contributed by atoms with van der Waals surface area (Å²) in [6.45, 7) is 2.76. The van der Waals surface area contributed by atoms with Crippen molar-refractivity contribution in [1.29, 1.82) is 0 Å². The van der Waals surface area contributed by atoms with Crippen LogP contribution in [-0.4, -0.2) is 27.1 Å². The molecule has 1 aromatic carbocycles. The summed E-state index contributed by atoms with van der Waals surface area (Å²) in [4.78, 5) is 48.5. The highest BCUT2D eigenvalue weighted by molar-refractivity contribution is 6.14. The Kier molecular flexibility index (Phi) is 5.21. The topological polar surface area (TPSA) is 104 Å². The van der Waals surface area contributed by atoms with E-state index >= 15 is 0 Å². The van der Waals surface area contributed by atoms with Crippen molar-refractivity contribution in [3.8, 4) is 5.69 Å². The molecule has 0 spiro atoms. The number of carbonyl (C=O) groups excluding carboxylic acids is 3. The van der Waals surface area contributed by atoms with Crippen LogP contribution in [0.3, 0.4) is 0 Å². The van der Waals surface area contributed by atoms with Crippen LogP contribution in [0.2, 0.25) is 0 Å². The third-order valence-corrected chi connectivity index (χ3v) is 3.85. The molecule has 0 N–H and O–H groups in total. The molecule has 0 atom stereocenters. The minimum Gasteiger partial charge on any atom is -0.550 e. The van der Waals surface area contributed by atoms with Gasteiger partial charge in [-0.05, 0) is 25.5 Å². The molecule has 1 aromatic heterocycles. The lowest BCUT2D eigenvalue weighted by molar-refractivity contribution is -0.305. The van der Waals surface area contributed by atoms with Crippen molar-refractivity contribution in [3.05, 3.63) is 46.4 Å². The molecule has 0 bridgehead atoms. The predicted molar refractivity (Wildman–Crippen MR) is 88.2 cm³/mol. The quantitative estimate of drug-likeness (QED) is 0.753. The smallest absolute Gasteiger partial charge is 0.296 e. The van der Waals surface area contributed by atoms with Crippen LogP contribution in [0.1, 0.15) is 25.5 Å². The number of rotatable bonds is 5. The van der Waals surface area contributed by atoms with E-state index in [2.05, 4.69) is 0 Å². The predicted octanol–water partition coefficient (Wildman–Crippen LogP) is -0.106. The Morgan fingerprint density at radius 3 is 2.24 bits per heavy atom. The number of imide groups is 1. The maximum absolute atomic E-state index is 12.9. The Labute approximate surface area is 143 Å². The van der Waals surface area contributed by atoms with E-state index in [4.69, 9.17) is 0 Å². The molecule has 0 saturated carbocycles. The van der Waals surface area contributed by atoms with Crippen molar-refractivity contribution < 1.29 is 19.5 Å². The number of carbonyl (C=O) groups is 3. The maximum Gasteiger partial charge on any atom is 0.296 e. The van der Waals surface area contributed by atoms with Gasteiger partial charge in [0.1, 0.15) is 5.69 Å². The summed E-state index contributed by atoms with van der Waals surface area (Å²) < 4.78 is 2.88. The number of amides is 2. The van der Waals surface area contributed by atoms with Crippen LogP contribution >= 0.6 is 0 Å². The van der Waals surface area contributed by atoms with Crippen LogP contribution < -0.4 is 15.6 Å². The number of carboxylic acid groups (broad SMARTS) is 1. The average Bonchev–Trinajstić information content (AvgIpc) is 2.77. The molecule has 0 radical (unpaired) electrons. The third-order valence-electron chi connectivity index (χ3n) is 3.85. The number of nitrogens with zero attached hydrogens (tertiary/aromatic N) is 3. The van der Waals surface area contributed by atoms with Gasteiger partial charge in [-0.15, -0.1) is 0 Å². The fourth-order valence-electron chi connectivity index (χ4n) is 2.59. The van der Waals surface area contributed by atoms with Crippen LogP contribution in [0.15, 0.2) is 35.1 Å². The van der Waals surface area contributed by atoms with E-state index in [0.29, 0.717) is 11.4 Å². The van der Waals surface area contributed by atoms with Gasteiger partial charge in [0.2, 0.25) is 11.8 Å². The first-order valence-corrected chi connectivity index (χ1v) is 7.63. The lowest BCUT2D eigenvalue weighted by Crippen LogP contribution is -2.39. The second kappa shape index (κ2) is 7.16. The molecular formula is C17H18N3O5-. The normalized spacial score (nSPS) is 10.5. The lowest BCUT2D eigenvalue weighted by atomic mass is 10.2. The molecule has 132 valence electrons. The maximum atomic E-state index is 12.9. The van der Waals surface area contributed by atoms with Gasteiger partial charge in [-0.1, -0.05) is 18.2 Å². The van der Waals surface area contributed by atoms with Gasteiger partial charge in [-0.3, -0.25) is 19.1 Å². The van der Waals surface area contributed by atoms with E-state index in [1.807, 2.05) is 0 Å². The molecule has 0 saturated heterocycles. The van der Waals surface area contributed by atoms with E-state index in [1.165, 1.54) is 9.36 Å². The molecule has 0 fully saturated rings. The van der Waals surface area contributed by atoms with Crippen molar-refractivity contribution >= 4 is 23.5 Å². The van der Waals surface area contributed by atoms with Gasteiger partial charge in [0.05, 0.1) is 11.4 Å². The Morgan fingerprint density at radius 1 is 1.12 bits per heavy atom. The van der Waals surface area contributed by atoms with E-state index in [9.17, 15) is 24.3 Å². The molecule has 2 rings (SSSR count). The first-order chi connectivity index (χ1) is 11.8. The van der Waals surface area contributed by atoms with Gasteiger partial charge in [0, 0.05) is 26.4 Å². The monoisotopic (exact) mass is 344 g/mol.